The van der Waals surface area contributed by atoms with E-state index in [0.717, 1.165) is 5.06 Å². The van der Waals surface area contributed by atoms with E-state index in [0.29, 0.717) is 11.3 Å². The third-order valence-corrected chi connectivity index (χ3v) is 11.1. The first-order valence-corrected chi connectivity index (χ1v) is 14.2. The van der Waals surface area contributed by atoms with Crippen LogP contribution in [0.3, 0.4) is 0 Å². The lowest BCUT2D eigenvalue weighted by Gasteiger charge is -2.45. The van der Waals surface area contributed by atoms with E-state index in [4.69, 9.17) is 20.2 Å². The van der Waals surface area contributed by atoms with Crippen molar-refractivity contribution in [2.24, 2.45) is 11.0 Å². The van der Waals surface area contributed by atoms with Crippen molar-refractivity contribution in [3.63, 3.8) is 0 Å². The van der Waals surface area contributed by atoms with Gasteiger partial charge in [0.05, 0.1) is 18.1 Å². The van der Waals surface area contributed by atoms with E-state index >= 15 is 0 Å². The van der Waals surface area contributed by atoms with Crippen LogP contribution in [-0.2, 0) is 30.3 Å². The quantitative estimate of drug-likeness (QED) is 0.0682. The number of nitrogens with one attached hydrogen (secondary N) is 2. The molecule has 0 aromatic heterocycles. The highest BCUT2D eigenvalue weighted by Crippen LogP contribution is 2.39. The Labute approximate surface area is 206 Å². The summed E-state index contributed by atoms with van der Waals surface area (Å²) in [6.45, 7) is 12.4. The Balaban J connectivity index is 1.91. The van der Waals surface area contributed by atoms with Crippen LogP contribution in [0.2, 0.25) is 18.1 Å². The van der Waals surface area contributed by atoms with E-state index in [-0.39, 0.29) is 30.1 Å². The molecule has 190 valence electrons. The van der Waals surface area contributed by atoms with Crippen LogP contribution in [0.1, 0.15) is 39.7 Å². The van der Waals surface area contributed by atoms with Crippen molar-refractivity contribution >= 4 is 37.3 Å². The number of amides is 2. The summed E-state index contributed by atoms with van der Waals surface area (Å²) in [5, 5.41) is 15.0. The Hall–Kier alpha value is -3.05. The van der Waals surface area contributed by atoms with E-state index in [9.17, 15) is 14.4 Å². The van der Waals surface area contributed by atoms with E-state index in [1.165, 1.54) is 7.05 Å². The molecule has 2 rings (SSSR count). The fraction of sp³-hybridized carbons (Fsp3) is 0.565. The highest BCUT2D eigenvalue weighted by molar-refractivity contribution is 6.74. The zero-order chi connectivity index (χ0) is 26.6. The number of benzene rings is 1. The molecule has 1 aliphatic rings. The summed E-state index contributed by atoms with van der Waals surface area (Å²) >= 11 is 0. The third-order valence-electron chi connectivity index (χ3n) is 6.56. The van der Waals surface area contributed by atoms with Gasteiger partial charge in [-0.3, -0.25) is 24.6 Å². The van der Waals surface area contributed by atoms with Crippen LogP contribution in [-0.4, -0.2) is 55.9 Å². The van der Waals surface area contributed by atoms with Crippen molar-refractivity contribution in [2.75, 3.05) is 7.05 Å². The number of Topliss-reactive ketones (excluding diaryl/α,β-unsaturated/α-hetero) is 1. The molecule has 1 saturated heterocycles. The minimum atomic E-state index is -2.12. The average molecular weight is 503 g/mol. The summed E-state index contributed by atoms with van der Waals surface area (Å²) in [5.41, 5.74) is 8.87. The van der Waals surface area contributed by atoms with Crippen LogP contribution >= 0.6 is 0 Å². The predicted octanol–water partition coefficient (Wildman–Crippen LogP) is 4.02. The smallest absolute Gasteiger partial charge is 0.298 e. The van der Waals surface area contributed by atoms with Crippen LogP contribution in [0.25, 0.3) is 10.4 Å². The zero-order valence-electron chi connectivity index (χ0n) is 21.3. The molecule has 0 spiro atoms. The van der Waals surface area contributed by atoms with Crippen molar-refractivity contribution < 1.29 is 23.6 Å². The van der Waals surface area contributed by atoms with Gasteiger partial charge in [-0.25, -0.2) is 5.06 Å². The molecule has 3 atom stereocenters. The van der Waals surface area contributed by atoms with E-state index in [1.54, 1.807) is 24.3 Å². The van der Waals surface area contributed by atoms with Gasteiger partial charge < -0.3 is 9.74 Å². The summed E-state index contributed by atoms with van der Waals surface area (Å²) in [6.07, 6.45) is -0.551. The van der Waals surface area contributed by atoms with Crippen molar-refractivity contribution in [3.8, 4) is 0 Å². The van der Waals surface area contributed by atoms with E-state index < -0.39 is 37.7 Å². The first kappa shape index (κ1) is 28.2. The van der Waals surface area contributed by atoms with Gasteiger partial charge >= 0.3 is 0 Å². The molecular weight excluding hydrogens is 468 g/mol. The lowest BCUT2D eigenvalue weighted by atomic mass is 9.82. The van der Waals surface area contributed by atoms with E-state index in [2.05, 4.69) is 49.2 Å². The van der Waals surface area contributed by atoms with Crippen molar-refractivity contribution in [1.82, 2.24) is 10.4 Å². The number of ketones is 1. The maximum absolute atomic E-state index is 12.6. The normalized spacial score (nSPS) is 18.5. The Morgan fingerprint density at radius 1 is 1.29 bits per heavy atom. The lowest BCUT2D eigenvalue weighted by molar-refractivity contribution is -0.175. The molecule has 0 saturated carbocycles. The van der Waals surface area contributed by atoms with Crippen molar-refractivity contribution in [1.29, 1.82) is 5.41 Å². The van der Waals surface area contributed by atoms with Crippen LogP contribution in [0.5, 0.6) is 0 Å². The molecule has 0 unspecified atom stereocenters. The highest BCUT2D eigenvalue weighted by atomic mass is 28.4. The molecule has 1 heterocycles. The molecule has 0 radical (unpaired) electrons. The van der Waals surface area contributed by atoms with Gasteiger partial charge in [-0.1, -0.05) is 50.2 Å². The van der Waals surface area contributed by atoms with Crippen molar-refractivity contribution in [3.05, 3.63) is 40.3 Å². The second kappa shape index (κ2) is 11.1. The monoisotopic (exact) mass is 502 g/mol. The molecule has 12 heteroatoms. The van der Waals surface area contributed by atoms with Crippen LogP contribution in [0, 0.1) is 11.3 Å². The summed E-state index contributed by atoms with van der Waals surface area (Å²) in [5.74, 6) is -2.27. The number of β-lactam (4-membered cyclic amide) rings is 1. The highest BCUT2D eigenvalue weighted by Gasteiger charge is 2.48. The second-order valence-corrected chi connectivity index (χ2v) is 14.9. The molecule has 1 aliphatic heterocycles. The second-order valence-electron chi connectivity index (χ2n) is 10.2. The summed E-state index contributed by atoms with van der Waals surface area (Å²) in [4.78, 5) is 45.4. The Kier molecular flexibility index (Phi) is 8.96. The molecule has 35 heavy (non-hydrogen) atoms. The minimum Gasteiger partial charge on any atom is -0.413 e. The first-order chi connectivity index (χ1) is 16.2. The van der Waals surface area contributed by atoms with Gasteiger partial charge in [0.2, 0.25) is 5.91 Å². The molecule has 11 nitrogen and oxygen atoms in total. The molecule has 2 amide bonds. The molecule has 1 aromatic rings. The number of nitrogens with zero attached hydrogens (tertiary/aromatic N) is 4. The van der Waals surface area contributed by atoms with Gasteiger partial charge in [-0.15, -0.1) is 0 Å². The minimum absolute atomic E-state index is 0.0172. The largest absolute Gasteiger partial charge is 0.413 e. The third kappa shape index (κ3) is 6.98. The Bertz CT molecular complexity index is 1030. The van der Waals surface area contributed by atoms with Gasteiger partial charge in [-0.2, -0.15) is 0 Å². The van der Waals surface area contributed by atoms with Crippen LogP contribution < -0.4 is 5.32 Å². The number of azide groups is 1. The maximum atomic E-state index is 12.6. The summed E-state index contributed by atoms with van der Waals surface area (Å²) in [7, 11) is -0.796. The fourth-order valence-electron chi connectivity index (χ4n) is 3.41. The number of carbonyl (C=O) groups is 3. The Morgan fingerprint density at radius 2 is 1.89 bits per heavy atom. The lowest BCUT2D eigenvalue weighted by Crippen LogP contribution is -2.64. The van der Waals surface area contributed by atoms with E-state index in [1.807, 2.05) is 6.92 Å². The molecule has 2 N–H and O–H groups in total. The number of hydrogen-bond acceptors (Lipinski definition) is 7. The molecule has 0 aliphatic carbocycles. The zero-order valence-corrected chi connectivity index (χ0v) is 22.3. The number of hydroxylamine groups is 2. The van der Waals surface area contributed by atoms with Gasteiger partial charge in [0.1, 0.15) is 6.61 Å². The topological polar surface area (TPSA) is 158 Å². The Morgan fingerprint density at radius 3 is 2.40 bits per heavy atom. The predicted molar refractivity (Wildman–Crippen MR) is 133 cm³/mol. The molecular formula is C23H34N6O5Si. The summed E-state index contributed by atoms with van der Waals surface area (Å²) in [6, 6.07) is 6.05. The molecule has 1 fully saturated rings. The van der Waals surface area contributed by atoms with Crippen LogP contribution in [0.4, 0.5) is 5.69 Å². The standard InChI is InChI=1S/C23H34N6O5Si/c1-14(34-35(6,7)23(2,3)4)19-17(26-21(19)31)12-18(30)20(24)22(32)29(5)33-13-15-8-10-16(11-9-15)27-28-25/h8-11,14,17,19,24H,12-13H2,1-7H3,(H,26,31)/t14-,17-,19-/m1/s1. The number of rotatable bonds is 11. The van der Waals surface area contributed by atoms with Crippen molar-refractivity contribution in [2.45, 2.75) is 71.0 Å². The number of hydrogen-bond donors (Lipinski definition) is 2. The fourth-order valence-corrected chi connectivity index (χ4v) is 4.84. The van der Waals surface area contributed by atoms with Gasteiger partial charge in [0.25, 0.3) is 5.91 Å². The van der Waals surface area contributed by atoms with Gasteiger partial charge in [0.15, 0.2) is 19.8 Å². The molecule has 1 aromatic carbocycles. The summed E-state index contributed by atoms with van der Waals surface area (Å²) < 4.78 is 6.32. The first-order valence-electron chi connectivity index (χ1n) is 11.3. The molecule has 0 bridgehead atoms. The van der Waals surface area contributed by atoms with Gasteiger partial charge in [0, 0.05) is 24.1 Å². The van der Waals surface area contributed by atoms with Gasteiger partial charge in [-0.05, 0) is 36.2 Å². The van der Waals surface area contributed by atoms with Crippen LogP contribution in [0.15, 0.2) is 29.4 Å². The SMILES string of the molecule is C[C@@H](O[Si](C)(C)C(C)(C)C)[C@H]1C(=O)N[C@@H]1CC(=O)C(=N)C(=O)N(C)OCc1ccc(N=[N+]=[N-])cc1. The maximum Gasteiger partial charge on any atom is 0.298 e. The number of carbonyl (C=O) groups excluding carboxylic acids is 3. The average Bonchev–Trinajstić information content (AvgIpc) is 2.75.